The van der Waals surface area contributed by atoms with Crippen LogP contribution in [0.2, 0.25) is 0 Å². The summed E-state index contributed by atoms with van der Waals surface area (Å²) < 4.78 is 10.7. The van der Waals surface area contributed by atoms with Crippen LogP contribution in [0.4, 0.5) is 0 Å². The first kappa shape index (κ1) is 18.1. The zero-order valence-corrected chi connectivity index (χ0v) is 15.9. The Morgan fingerprint density at radius 1 is 1.14 bits per heavy atom. The molecule has 1 unspecified atom stereocenters. The molecule has 2 aliphatic heterocycles. The summed E-state index contributed by atoms with van der Waals surface area (Å²) in [7, 11) is 1.77. The molecule has 2 aromatic rings. The molecule has 0 bridgehead atoms. The second-order valence-electron chi connectivity index (χ2n) is 7.03. The minimum Gasteiger partial charge on any atom is -0.454 e. The molecule has 2 aromatic carbocycles. The van der Waals surface area contributed by atoms with Crippen LogP contribution in [-0.2, 0) is 16.1 Å². The van der Waals surface area contributed by atoms with Gasteiger partial charge in [0.05, 0.1) is 12.5 Å². The number of carbonyl (C=O) groups excluding carboxylic acids is 2. The normalized spacial score (nSPS) is 16.6. The molecule has 28 heavy (non-hydrogen) atoms. The van der Waals surface area contributed by atoms with Gasteiger partial charge in [-0.1, -0.05) is 30.3 Å². The first-order chi connectivity index (χ1) is 13.5. The van der Waals surface area contributed by atoms with Crippen LogP contribution in [0, 0.1) is 0 Å². The summed E-state index contributed by atoms with van der Waals surface area (Å²) in [6.07, 6.45) is 3.90. The van der Waals surface area contributed by atoms with E-state index in [-0.39, 0.29) is 31.1 Å². The Morgan fingerprint density at radius 2 is 1.93 bits per heavy atom. The molecule has 0 N–H and O–H groups in total. The largest absolute Gasteiger partial charge is 0.454 e. The maximum atomic E-state index is 12.9. The van der Waals surface area contributed by atoms with E-state index in [1.165, 1.54) is 6.92 Å². The fourth-order valence-electron chi connectivity index (χ4n) is 3.64. The maximum Gasteiger partial charge on any atom is 0.231 e. The van der Waals surface area contributed by atoms with Gasteiger partial charge in [-0.25, -0.2) is 0 Å². The molecule has 2 aliphatic rings. The second kappa shape index (κ2) is 7.38. The second-order valence-corrected chi connectivity index (χ2v) is 7.03. The Hall–Kier alpha value is -3.28. The highest BCUT2D eigenvalue weighted by molar-refractivity contribution is 5.81. The smallest absolute Gasteiger partial charge is 0.231 e. The lowest BCUT2D eigenvalue weighted by molar-refractivity contribution is -0.134. The summed E-state index contributed by atoms with van der Waals surface area (Å²) >= 11 is 0. The quantitative estimate of drug-likeness (QED) is 0.819. The first-order valence-corrected chi connectivity index (χ1v) is 9.21. The van der Waals surface area contributed by atoms with E-state index in [9.17, 15) is 9.59 Å². The van der Waals surface area contributed by atoms with E-state index < -0.39 is 0 Å². The fourth-order valence-corrected chi connectivity index (χ4v) is 3.64. The van der Waals surface area contributed by atoms with Gasteiger partial charge in [0.15, 0.2) is 11.5 Å². The molecule has 0 saturated carbocycles. The lowest BCUT2D eigenvalue weighted by Gasteiger charge is -2.33. The molecule has 0 spiro atoms. The van der Waals surface area contributed by atoms with Crippen molar-refractivity contribution in [2.45, 2.75) is 25.9 Å². The molecule has 4 rings (SSSR count). The van der Waals surface area contributed by atoms with Gasteiger partial charge in [-0.05, 0) is 34.9 Å². The van der Waals surface area contributed by atoms with Crippen LogP contribution in [0.5, 0.6) is 11.5 Å². The summed E-state index contributed by atoms with van der Waals surface area (Å²) in [5.41, 5.74) is 2.99. The van der Waals surface area contributed by atoms with Crippen LogP contribution in [0.15, 0.2) is 48.7 Å². The SMILES string of the molecule is CC(=O)N1C=Cc2ccccc2C1CC(=O)N(C)Cc1ccc2c(c1)OCO2. The van der Waals surface area contributed by atoms with E-state index in [2.05, 4.69) is 0 Å². The topological polar surface area (TPSA) is 59.1 Å². The number of carbonyl (C=O) groups is 2. The van der Waals surface area contributed by atoms with Gasteiger partial charge in [0.2, 0.25) is 18.6 Å². The number of amides is 2. The molecule has 0 aromatic heterocycles. The molecule has 0 radical (unpaired) electrons. The zero-order chi connectivity index (χ0) is 19.7. The van der Waals surface area contributed by atoms with Crippen molar-refractivity contribution < 1.29 is 19.1 Å². The third kappa shape index (κ3) is 3.45. The highest BCUT2D eigenvalue weighted by Gasteiger charge is 2.29. The Kier molecular flexibility index (Phi) is 4.77. The van der Waals surface area contributed by atoms with E-state index in [0.29, 0.717) is 12.3 Å². The molecular formula is C22H22N2O4. The van der Waals surface area contributed by atoms with Crippen molar-refractivity contribution in [3.8, 4) is 11.5 Å². The van der Waals surface area contributed by atoms with Crippen LogP contribution in [0.3, 0.4) is 0 Å². The molecule has 6 heteroatoms. The van der Waals surface area contributed by atoms with Crippen molar-refractivity contribution in [1.29, 1.82) is 0 Å². The third-order valence-corrected chi connectivity index (χ3v) is 5.12. The third-order valence-electron chi connectivity index (χ3n) is 5.12. The Bertz CT molecular complexity index is 953. The summed E-state index contributed by atoms with van der Waals surface area (Å²) in [5.74, 6) is 1.31. The van der Waals surface area contributed by atoms with Crippen molar-refractivity contribution in [1.82, 2.24) is 9.80 Å². The van der Waals surface area contributed by atoms with Gasteiger partial charge in [-0.3, -0.25) is 9.59 Å². The van der Waals surface area contributed by atoms with E-state index in [1.807, 2.05) is 48.5 Å². The summed E-state index contributed by atoms with van der Waals surface area (Å²) in [4.78, 5) is 28.3. The molecule has 2 amide bonds. The average molecular weight is 378 g/mol. The lowest BCUT2D eigenvalue weighted by atomic mass is 9.93. The summed E-state index contributed by atoms with van der Waals surface area (Å²) in [6.45, 7) is 2.20. The fraction of sp³-hybridized carbons (Fsp3) is 0.273. The standard InChI is InChI=1S/C22H22N2O4/c1-15(25)24-10-9-17-5-3-4-6-18(17)19(24)12-22(26)23(2)13-16-7-8-20-21(11-16)28-14-27-20/h3-11,19H,12-14H2,1-2H3. The van der Waals surface area contributed by atoms with E-state index >= 15 is 0 Å². The van der Waals surface area contributed by atoms with Gasteiger partial charge < -0.3 is 19.3 Å². The average Bonchev–Trinajstić information content (AvgIpc) is 3.15. The summed E-state index contributed by atoms with van der Waals surface area (Å²) in [6, 6.07) is 13.2. The molecule has 0 aliphatic carbocycles. The van der Waals surface area contributed by atoms with Crippen molar-refractivity contribution in [2.24, 2.45) is 0 Å². The van der Waals surface area contributed by atoms with Gasteiger partial charge in [-0.15, -0.1) is 0 Å². The molecule has 144 valence electrons. The highest BCUT2D eigenvalue weighted by Crippen LogP contribution is 2.34. The molecule has 6 nitrogen and oxygen atoms in total. The van der Waals surface area contributed by atoms with Gasteiger partial charge in [0, 0.05) is 26.7 Å². The molecule has 1 atom stereocenters. The Labute approximate surface area is 164 Å². The number of nitrogens with zero attached hydrogens (tertiary/aromatic N) is 2. The predicted molar refractivity (Wildman–Crippen MR) is 104 cm³/mol. The van der Waals surface area contributed by atoms with Crippen LogP contribution in [0.25, 0.3) is 6.08 Å². The first-order valence-electron chi connectivity index (χ1n) is 9.21. The molecular weight excluding hydrogens is 356 g/mol. The van der Waals surface area contributed by atoms with E-state index in [1.54, 1.807) is 23.0 Å². The maximum absolute atomic E-state index is 12.9. The van der Waals surface area contributed by atoms with Crippen molar-refractivity contribution in [2.75, 3.05) is 13.8 Å². The zero-order valence-electron chi connectivity index (χ0n) is 15.9. The van der Waals surface area contributed by atoms with Crippen molar-refractivity contribution >= 4 is 17.9 Å². The number of hydrogen-bond acceptors (Lipinski definition) is 4. The Morgan fingerprint density at radius 3 is 2.75 bits per heavy atom. The van der Waals surface area contributed by atoms with Crippen LogP contribution in [-0.4, -0.2) is 35.5 Å². The van der Waals surface area contributed by atoms with Gasteiger partial charge in [0.1, 0.15) is 0 Å². The number of hydrogen-bond donors (Lipinski definition) is 0. The van der Waals surface area contributed by atoms with Crippen LogP contribution in [0.1, 0.15) is 36.1 Å². The van der Waals surface area contributed by atoms with Crippen LogP contribution < -0.4 is 9.47 Å². The van der Waals surface area contributed by atoms with Crippen LogP contribution >= 0.6 is 0 Å². The number of ether oxygens (including phenoxy) is 2. The monoisotopic (exact) mass is 378 g/mol. The van der Waals surface area contributed by atoms with Gasteiger partial charge in [0.25, 0.3) is 0 Å². The highest BCUT2D eigenvalue weighted by atomic mass is 16.7. The number of fused-ring (bicyclic) bond motifs is 2. The minimum absolute atomic E-state index is 0.0287. The predicted octanol–water partition coefficient (Wildman–Crippen LogP) is 3.34. The summed E-state index contributed by atoms with van der Waals surface area (Å²) in [5, 5.41) is 0. The van der Waals surface area contributed by atoms with Crippen molar-refractivity contribution in [3.63, 3.8) is 0 Å². The molecule has 0 saturated heterocycles. The lowest BCUT2D eigenvalue weighted by Crippen LogP contribution is -2.35. The molecule has 2 heterocycles. The van der Waals surface area contributed by atoms with Crippen molar-refractivity contribution in [3.05, 3.63) is 65.4 Å². The number of benzene rings is 2. The minimum atomic E-state index is -0.301. The van der Waals surface area contributed by atoms with E-state index in [0.717, 1.165) is 22.4 Å². The number of rotatable bonds is 4. The van der Waals surface area contributed by atoms with Gasteiger partial charge >= 0.3 is 0 Å². The van der Waals surface area contributed by atoms with E-state index in [4.69, 9.17) is 9.47 Å². The molecule has 0 fully saturated rings. The Balaban J connectivity index is 1.49. The van der Waals surface area contributed by atoms with Gasteiger partial charge in [-0.2, -0.15) is 0 Å².